The van der Waals surface area contributed by atoms with Crippen LogP contribution in [0.3, 0.4) is 0 Å². The van der Waals surface area contributed by atoms with Gasteiger partial charge in [-0.05, 0) is 42.5 Å². The van der Waals surface area contributed by atoms with E-state index in [0.717, 1.165) is 37.2 Å². The van der Waals surface area contributed by atoms with Crippen molar-refractivity contribution in [1.82, 2.24) is 5.32 Å². The third-order valence-corrected chi connectivity index (χ3v) is 4.34. The fourth-order valence-electron chi connectivity index (χ4n) is 2.92. The molecule has 0 bridgehead atoms. The molecule has 25 heavy (non-hydrogen) atoms. The van der Waals surface area contributed by atoms with Gasteiger partial charge in [-0.25, -0.2) is 0 Å². The summed E-state index contributed by atoms with van der Waals surface area (Å²) < 4.78 is 11.3. The summed E-state index contributed by atoms with van der Waals surface area (Å²) in [6, 6.07) is 18.2. The molecule has 0 aromatic heterocycles. The van der Waals surface area contributed by atoms with Crippen LogP contribution in [0.4, 0.5) is 0 Å². The number of amides is 1. The van der Waals surface area contributed by atoms with Crippen LogP contribution in [0.2, 0.25) is 0 Å². The molecule has 0 saturated carbocycles. The Morgan fingerprint density at radius 2 is 1.88 bits per heavy atom. The molecule has 0 radical (unpaired) electrons. The third-order valence-electron chi connectivity index (χ3n) is 4.34. The molecular formula is C21H25NO3. The zero-order chi connectivity index (χ0) is 17.3. The maximum absolute atomic E-state index is 11.9. The van der Waals surface area contributed by atoms with Crippen molar-refractivity contribution in [2.75, 3.05) is 13.2 Å². The van der Waals surface area contributed by atoms with Crippen molar-refractivity contribution in [3.63, 3.8) is 0 Å². The number of benzene rings is 2. The summed E-state index contributed by atoms with van der Waals surface area (Å²) in [5.41, 5.74) is 2.34. The predicted molar refractivity (Wildman–Crippen MR) is 97.5 cm³/mol. The van der Waals surface area contributed by atoms with E-state index < -0.39 is 0 Å². The second kappa shape index (κ2) is 9.23. The van der Waals surface area contributed by atoms with E-state index in [1.54, 1.807) is 0 Å². The van der Waals surface area contributed by atoms with Crippen LogP contribution in [0, 0.1) is 0 Å². The Morgan fingerprint density at radius 1 is 1.08 bits per heavy atom. The van der Waals surface area contributed by atoms with E-state index in [-0.39, 0.29) is 12.0 Å². The molecule has 1 N–H and O–H groups in total. The number of rotatable bonds is 8. The Morgan fingerprint density at radius 3 is 2.60 bits per heavy atom. The van der Waals surface area contributed by atoms with Gasteiger partial charge in [0.15, 0.2) is 0 Å². The van der Waals surface area contributed by atoms with Crippen molar-refractivity contribution in [3.05, 3.63) is 65.7 Å². The number of carbonyl (C=O) groups excluding carboxylic acids is 1. The van der Waals surface area contributed by atoms with Crippen LogP contribution >= 0.6 is 0 Å². The van der Waals surface area contributed by atoms with Crippen LogP contribution in [0.15, 0.2) is 54.6 Å². The first-order chi connectivity index (χ1) is 12.3. The van der Waals surface area contributed by atoms with Crippen molar-refractivity contribution < 1.29 is 14.3 Å². The van der Waals surface area contributed by atoms with Crippen LogP contribution in [-0.4, -0.2) is 25.2 Å². The fraction of sp³-hybridized carbons (Fsp3) is 0.381. The van der Waals surface area contributed by atoms with Gasteiger partial charge in [-0.2, -0.15) is 0 Å². The average Bonchev–Trinajstić information content (AvgIpc) is 3.15. The van der Waals surface area contributed by atoms with Crippen LogP contribution in [0.25, 0.3) is 0 Å². The van der Waals surface area contributed by atoms with Crippen LogP contribution < -0.4 is 10.1 Å². The topological polar surface area (TPSA) is 47.6 Å². The molecule has 132 valence electrons. The fourth-order valence-corrected chi connectivity index (χ4v) is 2.92. The number of ether oxygens (including phenoxy) is 2. The summed E-state index contributed by atoms with van der Waals surface area (Å²) >= 11 is 0. The summed E-state index contributed by atoms with van der Waals surface area (Å²) in [6.45, 7) is 2.01. The highest BCUT2D eigenvalue weighted by atomic mass is 16.5. The zero-order valence-corrected chi connectivity index (χ0v) is 14.4. The lowest BCUT2D eigenvalue weighted by Crippen LogP contribution is -2.28. The summed E-state index contributed by atoms with van der Waals surface area (Å²) in [5, 5.41) is 2.97. The van der Waals surface area contributed by atoms with Gasteiger partial charge in [-0.3, -0.25) is 4.79 Å². The molecule has 3 rings (SSSR count). The lowest BCUT2D eigenvalue weighted by Gasteiger charge is -2.10. The highest BCUT2D eigenvalue weighted by Crippen LogP contribution is 2.16. The van der Waals surface area contributed by atoms with E-state index in [1.165, 1.54) is 5.56 Å². The highest BCUT2D eigenvalue weighted by Gasteiger charge is 2.18. The summed E-state index contributed by atoms with van der Waals surface area (Å²) in [7, 11) is 0. The van der Waals surface area contributed by atoms with Gasteiger partial charge in [0.25, 0.3) is 0 Å². The molecule has 0 aliphatic carbocycles. The zero-order valence-electron chi connectivity index (χ0n) is 14.4. The normalized spacial score (nSPS) is 16.6. The van der Waals surface area contributed by atoms with Crippen molar-refractivity contribution in [3.8, 4) is 5.75 Å². The van der Waals surface area contributed by atoms with E-state index in [4.69, 9.17) is 9.47 Å². The minimum atomic E-state index is 0.0784. The Labute approximate surface area is 149 Å². The predicted octanol–water partition coefficient (Wildman–Crippen LogP) is 3.49. The molecule has 1 heterocycles. The standard InChI is InChI=1S/C21H25NO3/c23-21(15-20-7-4-14-24-20)22-13-12-17-8-10-19(11-9-17)25-16-18-5-2-1-3-6-18/h1-3,5-6,8-11,20H,4,7,12-16H2,(H,22,23)/t20-/m0/s1. The number of carbonyl (C=O) groups is 1. The van der Waals surface area contributed by atoms with E-state index in [9.17, 15) is 4.79 Å². The van der Waals surface area contributed by atoms with Gasteiger partial charge in [0.05, 0.1) is 12.5 Å². The largest absolute Gasteiger partial charge is 0.489 e. The second-order valence-electron chi connectivity index (χ2n) is 6.36. The minimum Gasteiger partial charge on any atom is -0.489 e. The molecule has 1 atom stereocenters. The lowest BCUT2D eigenvalue weighted by molar-refractivity contribution is -0.123. The van der Waals surface area contributed by atoms with E-state index in [2.05, 4.69) is 5.32 Å². The lowest BCUT2D eigenvalue weighted by atomic mass is 10.1. The minimum absolute atomic E-state index is 0.0784. The molecule has 1 fully saturated rings. The summed E-state index contributed by atoms with van der Waals surface area (Å²) in [6.07, 6.45) is 3.47. The maximum Gasteiger partial charge on any atom is 0.222 e. The van der Waals surface area contributed by atoms with Crippen molar-refractivity contribution >= 4 is 5.91 Å². The first-order valence-electron chi connectivity index (χ1n) is 8.93. The Bertz CT molecular complexity index is 649. The van der Waals surface area contributed by atoms with Crippen LogP contribution in [-0.2, 0) is 22.6 Å². The molecule has 1 aliphatic heterocycles. The Hall–Kier alpha value is -2.33. The Kier molecular flexibility index (Phi) is 6.46. The monoisotopic (exact) mass is 339 g/mol. The quantitative estimate of drug-likeness (QED) is 0.801. The average molecular weight is 339 g/mol. The van der Waals surface area contributed by atoms with E-state index in [0.29, 0.717) is 19.6 Å². The van der Waals surface area contributed by atoms with Gasteiger partial charge in [-0.15, -0.1) is 0 Å². The highest BCUT2D eigenvalue weighted by molar-refractivity contribution is 5.76. The molecule has 2 aromatic carbocycles. The smallest absolute Gasteiger partial charge is 0.222 e. The summed E-state index contributed by atoms with van der Waals surface area (Å²) in [5.74, 6) is 0.935. The third kappa shape index (κ3) is 5.91. The molecule has 4 nitrogen and oxygen atoms in total. The first kappa shape index (κ1) is 17.5. The van der Waals surface area contributed by atoms with E-state index in [1.807, 2.05) is 54.6 Å². The van der Waals surface area contributed by atoms with E-state index >= 15 is 0 Å². The van der Waals surface area contributed by atoms with Crippen LogP contribution in [0.1, 0.15) is 30.4 Å². The molecule has 1 amide bonds. The molecule has 1 aliphatic rings. The van der Waals surface area contributed by atoms with Gasteiger partial charge in [0.2, 0.25) is 5.91 Å². The van der Waals surface area contributed by atoms with Gasteiger partial charge in [-0.1, -0.05) is 42.5 Å². The van der Waals surface area contributed by atoms with Crippen LogP contribution in [0.5, 0.6) is 5.75 Å². The number of hydrogen-bond acceptors (Lipinski definition) is 3. The molecule has 0 spiro atoms. The van der Waals surface area contributed by atoms with Gasteiger partial charge >= 0.3 is 0 Å². The van der Waals surface area contributed by atoms with Gasteiger partial charge in [0.1, 0.15) is 12.4 Å². The second-order valence-corrected chi connectivity index (χ2v) is 6.36. The van der Waals surface area contributed by atoms with Gasteiger partial charge in [0, 0.05) is 13.2 Å². The molecule has 1 saturated heterocycles. The van der Waals surface area contributed by atoms with Crippen molar-refractivity contribution in [2.24, 2.45) is 0 Å². The summed E-state index contributed by atoms with van der Waals surface area (Å²) in [4.78, 5) is 11.9. The molecule has 0 unspecified atom stereocenters. The number of nitrogens with one attached hydrogen (secondary N) is 1. The molecule has 4 heteroatoms. The first-order valence-corrected chi connectivity index (χ1v) is 8.93. The van der Waals surface area contributed by atoms with Gasteiger partial charge < -0.3 is 14.8 Å². The van der Waals surface area contributed by atoms with Crippen molar-refractivity contribution in [1.29, 1.82) is 0 Å². The number of hydrogen-bond donors (Lipinski definition) is 1. The molecule has 2 aromatic rings. The SMILES string of the molecule is O=C(C[C@@H]1CCCO1)NCCc1ccc(OCc2ccccc2)cc1. The maximum atomic E-state index is 11.9. The van der Waals surface area contributed by atoms with Crippen molar-refractivity contribution in [2.45, 2.75) is 38.4 Å². The molecular weight excluding hydrogens is 314 g/mol. The Balaban J connectivity index is 1.36.